The third-order valence-corrected chi connectivity index (χ3v) is 7.36. The van der Waals surface area contributed by atoms with Crippen molar-refractivity contribution < 1.29 is 18.8 Å². The van der Waals surface area contributed by atoms with Crippen molar-refractivity contribution >= 4 is 30.4 Å². The number of aliphatic hydroxyl groups is 1. The Labute approximate surface area is 172 Å². The smallest absolute Gasteiger partial charge is 0.161 e. The highest BCUT2D eigenvalue weighted by Crippen LogP contribution is 2.52. The molecule has 26 heavy (non-hydrogen) atoms. The molecule has 1 aliphatic heterocycles. The predicted octanol–water partition coefficient (Wildman–Crippen LogP) is 3.97. The van der Waals surface area contributed by atoms with E-state index < -0.39 is 5.60 Å². The molecule has 2 aliphatic rings. The van der Waals surface area contributed by atoms with E-state index in [1.807, 2.05) is 6.07 Å². The van der Waals surface area contributed by atoms with Crippen LogP contribution in [-0.4, -0.2) is 56.1 Å². The Morgan fingerprint density at radius 3 is 2.69 bits per heavy atom. The number of hydrogen-bond donors (Lipinski definition) is 1. The standard InChI is InChI=1S/C19H28INO4S/c1-21-10-8-19(14-4-5-15(23-2)16(12-14)24-3)7-6-18(22,13-17(19)21)9-11-25-26-20/h4-5,12,17,22H,6-11,13H2,1-3H3/t17?,18?,19-/m0/s1. The van der Waals surface area contributed by atoms with Crippen molar-refractivity contribution in [3.8, 4) is 11.5 Å². The molecule has 3 atom stereocenters. The molecule has 3 rings (SSSR count). The lowest BCUT2D eigenvalue weighted by atomic mass is 9.61. The number of nitrogens with zero attached hydrogens (tertiary/aromatic N) is 1. The van der Waals surface area contributed by atoms with E-state index in [1.165, 1.54) is 14.8 Å². The van der Waals surface area contributed by atoms with Crippen molar-refractivity contribution in [2.75, 3.05) is 34.4 Å². The SMILES string of the molecule is COc1ccc([C@]23CCN(C)C2CC(O)(CCOSI)CC3)cc1OC. The van der Waals surface area contributed by atoms with E-state index in [4.69, 9.17) is 13.7 Å². The first kappa shape index (κ1) is 20.5. The molecular formula is C19H28INO4S. The molecule has 1 aliphatic carbocycles. The van der Waals surface area contributed by atoms with E-state index in [-0.39, 0.29) is 5.41 Å². The summed E-state index contributed by atoms with van der Waals surface area (Å²) in [7, 11) is 6.86. The lowest BCUT2D eigenvalue weighted by molar-refractivity contribution is -0.0505. The number of ether oxygens (including phenoxy) is 2. The molecule has 2 fully saturated rings. The Hall–Kier alpha value is -0.220. The Bertz CT molecular complexity index is 634. The molecule has 0 bridgehead atoms. The van der Waals surface area contributed by atoms with E-state index in [9.17, 15) is 5.11 Å². The van der Waals surface area contributed by atoms with Crippen molar-refractivity contribution in [2.45, 2.75) is 49.2 Å². The number of hydrogen-bond acceptors (Lipinski definition) is 6. The van der Waals surface area contributed by atoms with Gasteiger partial charge >= 0.3 is 0 Å². The van der Waals surface area contributed by atoms with Crippen LogP contribution in [0.3, 0.4) is 0 Å². The zero-order chi connectivity index (χ0) is 18.8. The van der Waals surface area contributed by atoms with Crippen LogP contribution in [0.4, 0.5) is 0 Å². The Morgan fingerprint density at radius 1 is 1.23 bits per heavy atom. The number of methoxy groups -OCH3 is 2. The van der Waals surface area contributed by atoms with Gasteiger partial charge in [0.2, 0.25) is 0 Å². The number of fused-ring (bicyclic) bond motifs is 1. The second-order valence-corrected chi connectivity index (χ2v) is 8.98. The van der Waals surface area contributed by atoms with Gasteiger partial charge in [0.05, 0.1) is 35.6 Å². The van der Waals surface area contributed by atoms with E-state index in [0.29, 0.717) is 19.1 Å². The first-order chi connectivity index (χ1) is 12.5. The fourth-order valence-electron chi connectivity index (χ4n) is 4.80. The van der Waals surface area contributed by atoms with E-state index in [0.717, 1.165) is 43.7 Å². The van der Waals surface area contributed by atoms with Gasteiger partial charge in [0, 0.05) is 39.1 Å². The predicted molar refractivity (Wildman–Crippen MR) is 113 cm³/mol. The molecule has 1 saturated heterocycles. The summed E-state index contributed by atoms with van der Waals surface area (Å²) < 4.78 is 16.3. The maximum Gasteiger partial charge on any atom is 0.161 e. The van der Waals surface area contributed by atoms with Crippen molar-refractivity contribution in [3.63, 3.8) is 0 Å². The van der Waals surface area contributed by atoms with E-state index in [2.05, 4.69) is 45.3 Å². The number of likely N-dealkylation sites (N-methyl/N-ethyl adjacent to an activating group) is 1. The zero-order valence-corrected chi connectivity index (χ0v) is 18.6. The van der Waals surface area contributed by atoms with Gasteiger partial charge in [0.15, 0.2) is 11.5 Å². The summed E-state index contributed by atoms with van der Waals surface area (Å²) >= 11 is 2.12. The number of rotatable bonds is 7. The highest BCUT2D eigenvalue weighted by atomic mass is 127. The van der Waals surface area contributed by atoms with Crippen LogP contribution in [0.15, 0.2) is 18.2 Å². The quantitative estimate of drug-likeness (QED) is 0.353. The van der Waals surface area contributed by atoms with Crippen molar-refractivity contribution in [2.24, 2.45) is 0 Å². The lowest BCUT2D eigenvalue weighted by Crippen LogP contribution is -2.52. The van der Waals surface area contributed by atoms with E-state index in [1.54, 1.807) is 14.2 Å². The van der Waals surface area contributed by atoms with Crippen LogP contribution in [0.1, 0.15) is 37.7 Å². The third-order valence-electron chi connectivity index (χ3n) is 6.34. The summed E-state index contributed by atoms with van der Waals surface area (Å²) in [5.41, 5.74) is 0.723. The summed E-state index contributed by atoms with van der Waals surface area (Å²) in [6.07, 6.45) is 4.37. The molecule has 0 spiro atoms. The first-order valence-electron chi connectivity index (χ1n) is 9.03. The van der Waals surface area contributed by atoms with Crippen LogP contribution in [-0.2, 0) is 9.60 Å². The molecule has 1 saturated carbocycles. The van der Waals surface area contributed by atoms with Gasteiger partial charge in [-0.05, 0) is 57.0 Å². The van der Waals surface area contributed by atoms with Crippen molar-refractivity contribution in [1.82, 2.24) is 4.90 Å². The first-order valence-corrected chi connectivity index (χ1v) is 12.3. The largest absolute Gasteiger partial charge is 0.493 e. The molecule has 0 radical (unpaired) electrons. The Morgan fingerprint density at radius 2 is 2.00 bits per heavy atom. The van der Waals surface area contributed by atoms with Gasteiger partial charge in [-0.25, -0.2) is 0 Å². The molecule has 5 nitrogen and oxygen atoms in total. The number of benzene rings is 1. The summed E-state index contributed by atoms with van der Waals surface area (Å²) in [6, 6.07) is 6.63. The van der Waals surface area contributed by atoms with Crippen LogP contribution in [0, 0.1) is 0 Å². The molecule has 0 amide bonds. The average Bonchev–Trinajstić information content (AvgIpc) is 2.98. The minimum atomic E-state index is -0.643. The van der Waals surface area contributed by atoms with Crippen LogP contribution >= 0.6 is 30.4 Å². The fourth-order valence-corrected chi connectivity index (χ4v) is 5.48. The third kappa shape index (κ3) is 3.83. The molecule has 1 N–H and O–H groups in total. The van der Waals surface area contributed by atoms with Gasteiger partial charge in [0.25, 0.3) is 0 Å². The van der Waals surface area contributed by atoms with Gasteiger partial charge in [0.1, 0.15) is 0 Å². The lowest BCUT2D eigenvalue weighted by Gasteiger charge is -2.48. The highest BCUT2D eigenvalue weighted by molar-refractivity contribution is 14.2. The van der Waals surface area contributed by atoms with Crippen LogP contribution in [0.25, 0.3) is 0 Å². The molecule has 1 aromatic carbocycles. The van der Waals surface area contributed by atoms with Crippen LogP contribution < -0.4 is 9.47 Å². The van der Waals surface area contributed by atoms with Gasteiger partial charge in [-0.1, -0.05) is 6.07 Å². The summed E-state index contributed by atoms with van der Waals surface area (Å²) in [6.45, 7) is 1.64. The molecule has 2 unspecified atom stereocenters. The molecule has 0 aromatic heterocycles. The Kier molecular flexibility index (Phi) is 6.65. The van der Waals surface area contributed by atoms with Gasteiger partial charge in [-0.3, -0.25) is 0 Å². The second-order valence-electron chi connectivity index (χ2n) is 7.54. The minimum Gasteiger partial charge on any atom is -0.493 e. The zero-order valence-electron chi connectivity index (χ0n) is 15.7. The fraction of sp³-hybridized carbons (Fsp3) is 0.684. The molecule has 146 valence electrons. The number of halogens is 1. The van der Waals surface area contributed by atoms with Gasteiger partial charge in [-0.2, -0.15) is 0 Å². The highest BCUT2D eigenvalue weighted by Gasteiger charge is 2.54. The van der Waals surface area contributed by atoms with Crippen LogP contribution in [0.5, 0.6) is 11.5 Å². The van der Waals surface area contributed by atoms with Crippen LogP contribution in [0.2, 0.25) is 0 Å². The molecule has 7 heteroatoms. The molecular weight excluding hydrogens is 465 g/mol. The summed E-state index contributed by atoms with van der Waals surface area (Å²) in [4.78, 5) is 2.41. The maximum absolute atomic E-state index is 11.1. The normalized spacial score (nSPS) is 31.7. The molecule has 1 heterocycles. The average molecular weight is 493 g/mol. The summed E-state index contributed by atoms with van der Waals surface area (Å²) in [5, 5.41) is 11.1. The van der Waals surface area contributed by atoms with Gasteiger partial charge in [-0.15, -0.1) is 0 Å². The molecule has 1 aromatic rings. The monoisotopic (exact) mass is 493 g/mol. The van der Waals surface area contributed by atoms with Gasteiger partial charge < -0.3 is 23.7 Å². The van der Waals surface area contributed by atoms with E-state index >= 15 is 0 Å². The van der Waals surface area contributed by atoms with Crippen molar-refractivity contribution in [3.05, 3.63) is 23.8 Å². The van der Waals surface area contributed by atoms with Crippen molar-refractivity contribution in [1.29, 1.82) is 0 Å². The topological polar surface area (TPSA) is 51.2 Å². The Balaban J connectivity index is 1.87. The summed E-state index contributed by atoms with van der Waals surface area (Å²) in [5.74, 6) is 1.54. The second kappa shape index (κ2) is 8.43. The maximum atomic E-state index is 11.1. The minimum absolute atomic E-state index is 0.0689. The number of likely N-dealkylation sites (tertiary alicyclic amines) is 1.